The van der Waals surface area contributed by atoms with E-state index in [0.717, 1.165) is 0 Å². The van der Waals surface area contributed by atoms with Crippen LogP contribution in [-0.2, 0) is 14.6 Å². The van der Waals surface area contributed by atoms with E-state index in [1.54, 1.807) is 13.0 Å². The van der Waals surface area contributed by atoms with E-state index in [1.807, 2.05) is 0 Å². The van der Waals surface area contributed by atoms with Gasteiger partial charge < -0.3 is 9.84 Å². The number of ether oxygens (including phenoxy) is 1. The molecule has 0 aromatic heterocycles. The van der Waals surface area contributed by atoms with E-state index in [4.69, 9.17) is 5.39 Å². The molecule has 0 spiro atoms. The first-order valence-corrected chi connectivity index (χ1v) is 6.23. The van der Waals surface area contributed by atoms with E-state index in [1.165, 1.54) is 24.3 Å². The van der Waals surface area contributed by atoms with Crippen molar-refractivity contribution in [1.29, 1.82) is 5.39 Å². The van der Waals surface area contributed by atoms with Crippen molar-refractivity contribution in [3.63, 3.8) is 0 Å². The fourth-order valence-electron chi connectivity index (χ4n) is 1.12. The van der Waals surface area contributed by atoms with Crippen LogP contribution < -0.4 is 0 Å². The van der Waals surface area contributed by atoms with Crippen LogP contribution in [0.25, 0.3) is 4.98 Å². The molecule has 0 fully saturated rings. The first-order valence-electron chi connectivity index (χ1n) is 4.75. The highest BCUT2D eigenvalue weighted by atomic mass is 32.2. The predicted molar refractivity (Wildman–Crippen MR) is 60.0 cm³/mol. The van der Waals surface area contributed by atoms with Crippen molar-refractivity contribution in [2.75, 3.05) is 6.61 Å². The second-order valence-electron chi connectivity index (χ2n) is 2.96. The van der Waals surface area contributed by atoms with Crippen LogP contribution in [0.4, 0.5) is 0 Å². The van der Waals surface area contributed by atoms with Crippen LogP contribution in [0.1, 0.15) is 6.92 Å². The van der Waals surface area contributed by atoms with E-state index in [2.05, 4.69) is 9.71 Å². The molecule has 0 aliphatic heterocycles. The summed E-state index contributed by atoms with van der Waals surface area (Å²) in [4.78, 5) is 2.47. The number of nitrogens with zero attached hydrogens (tertiary/aromatic N) is 2. The Morgan fingerprint density at radius 1 is 1.41 bits per heavy atom. The summed E-state index contributed by atoms with van der Waals surface area (Å²) in [6.45, 7) is 1.61. The number of hydrogen-bond donors (Lipinski definition) is 1. The van der Waals surface area contributed by atoms with E-state index >= 15 is 0 Å². The van der Waals surface area contributed by atoms with Gasteiger partial charge in [0.05, 0.1) is 11.5 Å². The number of hydrogen-bond acceptors (Lipinski definition) is 5. The minimum atomic E-state index is -4.08. The zero-order chi connectivity index (χ0) is 12.9. The quantitative estimate of drug-likeness (QED) is 0.656. The number of rotatable bonds is 4. The van der Waals surface area contributed by atoms with Gasteiger partial charge in [0.2, 0.25) is 5.39 Å². The smallest absolute Gasteiger partial charge is 0.475 e. The molecule has 0 atom stereocenters. The maximum Gasteiger partial charge on any atom is 0.557 e. The van der Waals surface area contributed by atoms with E-state index in [9.17, 15) is 13.5 Å². The molecule has 7 heteroatoms. The van der Waals surface area contributed by atoms with Crippen LogP contribution in [0.15, 0.2) is 46.2 Å². The highest BCUT2D eigenvalue weighted by Gasteiger charge is 2.39. The predicted octanol–water partition coefficient (Wildman–Crippen LogP) is 2.03. The highest BCUT2D eigenvalue weighted by molar-refractivity contribution is 7.95. The standard InChI is InChI=1S/C10H10N2O4S/c1-2-16-10(13)9(12-11)17(14,15)8-6-4-3-5-7-8/h3-7H,2H2,1H3/p+1/b10-9+. The average molecular weight is 255 g/mol. The summed E-state index contributed by atoms with van der Waals surface area (Å²) in [6, 6.07) is 7.31. The fourth-order valence-corrected chi connectivity index (χ4v) is 2.26. The van der Waals surface area contributed by atoms with Gasteiger partial charge in [-0.25, -0.2) is 8.42 Å². The third-order valence-electron chi connectivity index (χ3n) is 1.86. The Hall–Kier alpha value is -2.07. The van der Waals surface area contributed by atoms with Gasteiger partial charge in [0.25, 0.3) is 9.84 Å². The summed E-state index contributed by atoms with van der Waals surface area (Å²) >= 11 is 0. The molecule has 1 N–H and O–H groups in total. The molecule has 0 radical (unpaired) electrons. The molecule has 17 heavy (non-hydrogen) atoms. The molecule has 0 aliphatic carbocycles. The topological polar surface area (TPSA) is 91.8 Å². The molecular weight excluding hydrogens is 244 g/mol. The van der Waals surface area contributed by atoms with Crippen LogP contribution in [-0.4, -0.2) is 20.1 Å². The third kappa shape index (κ3) is 2.73. The Kier molecular flexibility index (Phi) is 4.06. The number of benzene rings is 1. The van der Waals surface area contributed by atoms with Gasteiger partial charge in [0.1, 0.15) is 0 Å². The van der Waals surface area contributed by atoms with Crippen LogP contribution in [0, 0.1) is 5.39 Å². The number of aliphatic hydroxyl groups is 1. The maximum atomic E-state index is 11.9. The Morgan fingerprint density at radius 3 is 2.47 bits per heavy atom. The van der Waals surface area contributed by atoms with E-state index in [0.29, 0.717) is 0 Å². The van der Waals surface area contributed by atoms with Crippen molar-refractivity contribution >= 4 is 9.84 Å². The zero-order valence-corrected chi connectivity index (χ0v) is 9.88. The molecule has 6 nitrogen and oxygen atoms in total. The minimum Gasteiger partial charge on any atom is -0.475 e. The van der Waals surface area contributed by atoms with Crippen LogP contribution in [0.3, 0.4) is 0 Å². The molecule has 0 saturated heterocycles. The molecule has 0 bridgehead atoms. The lowest BCUT2D eigenvalue weighted by Crippen LogP contribution is -2.07. The Balaban J connectivity index is 3.32. The number of diazo groups is 1. The van der Waals surface area contributed by atoms with Crippen LogP contribution in [0.5, 0.6) is 0 Å². The molecule has 90 valence electrons. The molecule has 1 aromatic carbocycles. The molecule has 1 rings (SSSR count). The molecule has 1 aromatic rings. The van der Waals surface area contributed by atoms with Crippen molar-refractivity contribution < 1.29 is 18.3 Å². The average Bonchev–Trinajstić information content (AvgIpc) is 2.31. The van der Waals surface area contributed by atoms with Crippen molar-refractivity contribution in [3.8, 4) is 0 Å². The van der Waals surface area contributed by atoms with Crippen molar-refractivity contribution in [3.05, 3.63) is 46.3 Å². The van der Waals surface area contributed by atoms with E-state index < -0.39 is 20.8 Å². The lowest BCUT2D eigenvalue weighted by atomic mass is 10.4. The van der Waals surface area contributed by atoms with E-state index in [-0.39, 0.29) is 11.5 Å². The van der Waals surface area contributed by atoms with Gasteiger partial charge in [0, 0.05) is 0 Å². The summed E-state index contributed by atoms with van der Waals surface area (Å²) < 4.78 is 28.5. The number of aliphatic hydroxyl groups excluding tert-OH is 1. The zero-order valence-electron chi connectivity index (χ0n) is 9.07. The van der Waals surface area contributed by atoms with Gasteiger partial charge in [-0.05, 0) is 19.1 Å². The summed E-state index contributed by atoms with van der Waals surface area (Å²) in [5.74, 6) is -0.932. The fraction of sp³-hybridized carbons (Fsp3) is 0.200. The second-order valence-corrected chi connectivity index (χ2v) is 4.82. The second kappa shape index (κ2) is 5.32. The third-order valence-corrected chi connectivity index (χ3v) is 3.52. The lowest BCUT2D eigenvalue weighted by molar-refractivity contribution is 0.101. The van der Waals surface area contributed by atoms with Crippen molar-refractivity contribution in [2.45, 2.75) is 11.8 Å². The van der Waals surface area contributed by atoms with Gasteiger partial charge in [-0.15, -0.1) is 0 Å². The molecule has 0 amide bonds. The van der Waals surface area contributed by atoms with Crippen molar-refractivity contribution in [2.24, 2.45) is 0 Å². The SMILES string of the molecule is CCO/C(O)=C(\[N+]#N)S(=O)(=O)c1ccccc1. The highest BCUT2D eigenvalue weighted by Crippen LogP contribution is 2.22. The largest absolute Gasteiger partial charge is 0.557 e. The van der Waals surface area contributed by atoms with Crippen LogP contribution >= 0.6 is 0 Å². The Bertz CT molecular complexity index is 558. The Morgan fingerprint density at radius 2 is 2.00 bits per heavy atom. The molecule has 0 heterocycles. The summed E-state index contributed by atoms with van der Waals surface area (Å²) in [7, 11) is -4.08. The minimum absolute atomic E-state index is 0.0508. The molecule has 0 aliphatic rings. The summed E-state index contributed by atoms with van der Waals surface area (Å²) in [5, 5.41) is 17.1. The summed E-state index contributed by atoms with van der Waals surface area (Å²) in [5.41, 5.74) is 0. The van der Waals surface area contributed by atoms with Gasteiger partial charge in [-0.3, -0.25) is 0 Å². The van der Waals surface area contributed by atoms with Gasteiger partial charge in [-0.2, -0.15) is 0 Å². The van der Waals surface area contributed by atoms with Crippen molar-refractivity contribution in [1.82, 2.24) is 0 Å². The molecule has 0 unspecified atom stereocenters. The molecular formula is C10H11N2O4S+. The Labute approximate surface area is 98.7 Å². The van der Waals surface area contributed by atoms with Gasteiger partial charge in [-0.1, -0.05) is 18.2 Å². The lowest BCUT2D eigenvalue weighted by Gasteiger charge is -1.99. The summed E-state index contributed by atoms with van der Waals surface area (Å²) in [6.07, 6.45) is 0. The normalized spacial score (nSPS) is 12.5. The monoisotopic (exact) mass is 255 g/mol. The first-order chi connectivity index (χ1) is 8.04. The number of sulfone groups is 1. The first kappa shape index (κ1) is 13.0. The van der Waals surface area contributed by atoms with Gasteiger partial charge >= 0.3 is 11.0 Å². The van der Waals surface area contributed by atoms with Gasteiger partial charge in [0.15, 0.2) is 4.98 Å². The molecule has 0 saturated carbocycles. The van der Waals surface area contributed by atoms with Crippen LogP contribution in [0.2, 0.25) is 0 Å². The maximum absolute atomic E-state index is 11.9.